The minimum atomic E-state index is -4.04. The van der Waals surface area contributed by atoms with Gasteiger partial charge in [0.1, 0.15) is 24.7 Å². The summed E-state index contributed by atoms with van der Waals surface area (Å²) in [6.07, 6.45) is 15.6. The van der Waals surface area contributed by atoms with E-state index in [9.17, 15) is 43.3 Å². The van der Waals surface area contributed by atoms with Gasteiger partial charge in [0.2, 0.25) is 40.1 Å². The van der Waals surface area contributed by atoms with Crippen molar-refractivity contribution in [3.63, 3.8) is 0 Å². The van der Waals surface area contributed by atoms with Crippen molar-refractivity contribution >= 4 is 83.9 Å². The summed E-state index contributed by atoms with van der Waals surface area (Å²) in [5.41, 5.74) is -0.118. The van der Waals surface area contributed by atoms with Gasteiger partial charge in [-0.15, -0.1) is 19.3 Å². The third kappa shape index (κ3) is 40.8. The number of nitrogens with zero attached hydrogens (tertiary/aromatic N) is 4. The highest BCUT2D eigenvalue weighted by Gasteiger charge is 2.53. The smallest absolute Gasteiger partial charge is 0.338 e. The summed E-state index contributed by atoms with van der Waals surface area (Å²) in [5, 5.41) is 0. The van der Waals surface area contributed by atoms with E-state index >= 15 is 0 Å². The topological polar surface area (TPSA) is 221 Å². The van der Waals surface area contributed by atoms with Crippen LogP contribution in [0.4, 0.5) is 0 Å². The van der Waals surface area contributed by atoms with E-state index in [0.29, 0.717) is 0 Å². The molecule has 0 saturated carbocycles. The highest BCUT2D eigenvalue weighted by atomic mass is 79.9. The highest BCUT2D eigenvalue weighted by molar-refractivity contribution is 9.10. The molecule has 0 atom stereocenters. The average Bonchev–Trinajstić information content (AvgIpc) is 1.66. The summed E-state index contributed by atoms with van der Waals surface area (Å²) in [5.74, 6) is 154. The van der Waals surface area contributed by atoms with Gasteiger partial charge >= 0.3 is 11.9 Å². The molecule has 686 valence electrons. The van der Waals surface area contributed by atoms with Gasteiger partial charge in [0, 0.05) is 252 Å². The molecule has 0 amide bonds. The first kappa shape index (κ1) is 112. The fraction of sp³-hybridized carbons (Fsp3) is 0.140. The number of terminal acetylenes is 3. The number of hydrogen-bond acceptors (Lipinski definition) is 14. The average molecular weight is 2080 g/mol. The maximum atomic E-state index is 13.8. The Hall–Kier alpha value is -19.7. The second-order valence-corrected chi connectivity index (χ2v) is 36.1. The lowest BCUT2D eigenvalue weighted by molar-refractivity contribution is -0.0810. The van der Waals surface area contributed by atoms with Crippen molar-refractivity contribution in [2.24, 2.45) is 0 Å². The van der Waals surface area contributed by atoms with E-state index in [-0.39, 0.29) is 122 Å². The first-order chi connectivity index (χ1) is 70.6. The first-order valence-electron chi connectivity index (χ1n) is 41.3. The van der Waals surface area contributed by atoms with E-state index in [2.05, 4.69) is 405 Å². The number of halogens is 2. The lowest BCUT2D eigenvalue weighted by Crippen LogP contribution is -2.55. The minimum absolute atomic E-state index is 0.00980. The van der Waals surface area contributed by atoms with E-state index in [0.717, 1.165) is 20.1 Å². The van der Waals surface area contributed by atoms with Crippen LogP contribution in [-0.2, 0) is 72.3 Å². The Morgan fingerprint density at radius 2 is 0.469 bits per heavy atom. The van der Waals surface area contributed by atoms with Crippen LogP contribution in [0.1, 0.15) is 64.4 Å². The monoisotopic (exact) mass is 2080 g/mol. The van der Waals surface area contributed by atoms with Crippen LogP contribution in [0.5, 0.6) is 0 Å². The SMILES string of the molecule is C#CC#CC#CC#CC#CC#CC#CC#CC#CC#CC#CC#CC.C#CC#CC#CC#CC#CC#CC#CC#CC#CC#CC#CC#CC#CC#CC#CC#CC#CC#CC#CC#CC#C.O=C(OCc1ccccc1)c1ccc(S(=O)(=O)N2CCC3(CC2)OCCN3S(=O)(=O)c2ccc(C(=O)OCc3ccccc3)cc2)cc1.O=S(=O)(c1ccc(Br)cc1)N1CCC2(CC1)OCCN2S(=O)(=O)c1ccc(Br)cc1. The molecule has 4 aliphatic heterocycles. The summed E-state index contributed by atoms with van der Waals surface area (Å²) in [6, 6.07) is 42.5. The Bertz CT molecular complexity index is 8690. The van der Waals surface area contributed by atoms with E-state index < -0.39 is 63.5 Å². The molecule has 0 aliphatic carbocycles. The molecule has 4 fully saturated rings. The second-order valence-electron chi connectivity index (χ2n) is 26.7. The minimum Gasteiger partial charge on any atom is -0.457 e. The quantitative estimate of drug-likeness (QED) is 0.0734. The number of sulfonamides is 4. The van der Waals surface area contributed by atoms with Crippen molar-refractivity contribution in [2.75, 3.05) is 52.5 Å². The normalized spacial score (nSPS) is 11.6. The molecule has 18 nitrogen and oxygen atoms in total. The molecule has 4 aliphatic rings. The van der Waals surface area contributed by atoms with Crippen LogP contribution in [0.25, 0.3) is 0 Å². The summed E-state index contributed by atoms with van der Waals surface area (Å²) in [4.78, 5) is 25.4. The molecule has 145 heavy (non-hydrogen) atoms. The molecule has 0 aromatic heterocycles. The highest BCUT2D eigenvalue weighted by Crippen LogP contribution is 2.42. The molecule has 6 aromatic rings. The van der Waals surface area contributed by atoms with Crippen molar-refractivity contribution in [1.29, 1.82) is 0 Å². The zero-order valence-electron chi connectivity index (χ0n) is 76.0. The van der Waals surface area contributed by atoms with Gasteiger partial charge in [-0.05, 0) is 305 Å². The third-order valence-corrected chi connectivity index (χ3v) is 26.6. The van der Waals surface area contributed by atoms with Crippen molar-refractivity contribution in [2.45, 2.75) is 76.9 Å². The Balaban J connectivity index is 0.000000270. The van der Waals surface area contributed by atoms with E-state index in [1.54, 1.807) is 55.5 Å². The molecular formula is C121H60Br2N4O14S4. The van der Waals surface area contributed by atoms with Crippen LogP contribution in [0, 0.1) is 392 Å². The lowest BCUT2D eigenvalue weighted by Gasteiger charge is -2.42. The summed E-state index contributed by atoms with van der Waals surface area (Å²) >= 11 is 6.62. The predicted molar refractivity (Wildman–Crippen MR) is 559 cm³/mol. The van der Waals surface area contributed by atoms with Gasteiger partial charge in [0.05, 0.1) is 43.9 Å². The zero-order chi connectivity index (χ0) is 104. The molecule has 6 aromatic carbocycles. The number of rotatable bonds is 14. The molecule has 0 radical (unpaired) electrons. The van der Waals surface area contributed by atoms with Gasteiger partial charge in [-0.1, -0.05) is 98.4 Å². The zero-order valence-corrected chi connectivity index (χ0v) is 82.5. The van der Waals surface area contributed by atoms with E-state index in [4.69, 9.17) is 38.2 Å². The molecule has 2 spiro atoms. The van der Waals surface area contributed by atoms with Crippen LogP contribution in [0.15, 0.2) is 186 Å². The molecule has 10 rings (SSSR count). The van der Waals surface area contributed by atoms with Crippen molar-refractivity contribution < 1.29 is 62.2 Å². The Kier molecular flexibility index (Phi) is 49.8. The van der Waals surface area contributed by atoms with Gasteiger partial charge < -0.3 is 18.9 Å². The number of carbonyl (C=O) groups excluding carboxylic acids is 2. The van der Waals surface area contributed by atoms with Gasteiger partial charge in [-0.25, -0.2) is 43.3 Å². The van der Waals surface area contributed by atoms with Crippen LogP contribution in [-0.4, -0.2) is 127 Å². The molecule has 24 heteroatoms. The second kappa shape index (κ2) is 64.4. The Morgan fingerprint density at radius 1 is 0.276 bits per heavy atom. The van der Waals surface area contributed by atoms with Gasteiger partial charge in [-0.3, -0.25) is 0 Å². The standard InChI is InChI=1S/C42H2.C35H34N2O9S2.C25H4.C19H20Br2N2O5S2/c1-3-5-7-9-11-13-15-17-19-21-23-25-27-29-31-33-35-37-39-41-42-40-38-36-34-32-30-28-26-24-22-20-18-16-14-12-10-8-6-4-2;38-33(44-25-27-7-3-1-4-8-27)29-11-15-31(16-12-29)47(40,41)36-21-19-35(20-22-36)37(23-24-46-35)48(42,43)32-17-13-30(14-18-32)34(39)45-26-28-9-5-2-6-10-28;1-3-5-7-9-11-13-15-17-19-21-23-25-24-22-20-18-16-14-12-10-8-6-4-2;20-15-1-5-17(6-2-15)29(24,25)22-11-9-19(10-12-22)23(13-14-28-19)30(26,27)18-7-3-16(21)4-8-18/h1-2H;1-18H,19-26H2;1H,2H3;1-8H,9-14H2. The van der Waals surface area contributed by atoms with Gasteiger partial charge in [0.15, 0.2) is 0 Å². The molecule has 0 unspecified atom stereocenters. The van der Waals surface area contributed by atoms with Crippen molar-refractivity contribution in [3.8, 4) is 392 Å². The fourth-order valence-electron chi connectivity index (χ4n) is 11.6. The summed E-state index contributed by atoms with van der Waals surface area (Å²) < 4.78 is 137. The Morgan fingerprint density at radius 3 is 0.676 bits per heavy atom. The molecule has 0 N–H and O–H groups in total. The lowest BCUT2D eigenvalue weighted by atomic mass is 10.0. The molecule has 4 saturated heterocycles. The summed E-state index contributed by atoms with van der Waals surface area (Å²) in [7, 11) is -15.4. The number of benzene rings is 6. The Labute approximate surface area is 866 Å². The van der Waals surface area contributed by atoms with Gasteiger partial charge in [0.25, 0.3) is 0 Å². The number of hydrogen-bond donors (Lipinski definition) is 0. The number of carbonyl (C=O) groups is 2. The first-order valence-corrected chi connectivity index (χ1v) is 48.7. The van der Waals surface area contributed by atoms with Crippen molar-refractivity contribution in [3.05, 3.63) is 189 Å². The number of piperidine rings is 2. The van der Waals surface area contributed by atoms with E-state index in [1.165, 1.54) is 65.8 Å². The van der Waals surface area contributed by atoms with Crippen LogP contribution >= 0.6 is 31.9 Å². The molecular weight excluding hydrogens is 2020 g/mol. The summed E-state index contributed by atoms with van der Waals surface area (Å²) in [6.45, 7) is 3.12. The third-order valence-electron chi connectivity index (χ3n) is 17.8. The van der Waals surface area contributed by atoms with Crippen LogP contribution in [0.3, 0.4) is 0 Å². The number of esters is 2. The molecule has 0 bridgehead atoms. The van der Waals surface area contributed by atoms with Crippen LogP contribution in [0.2, 0.25) is 0 Å². The largest absolute Gasteiger partial charge is 0.457 e. The number of ether oxygens (including phenoxy) is 4. The van der Waals surface area contributed by atoms with E-state index in [1.807, 2.05) is 60.7 Å². The fourth-order valence-corrected chi connectivity index (χ4v) is 18.5. The van der Waals surface area contributed by atoms with Crippen molar-refractivity contribution in [1.82, 2.24) is 17.2 Å². The van der Waals surface area contributed by atoms with Gasteiger partial charge in [-0.2, -0.15) is 17.2 Å². The predicted octanol–water partition coefficient (Wildman–Crippen LogP) is 9.01. The van der Waals surface area contributed by atoms with Crippen LogP contribution < -0.4 is 0 Å². The maximum Gasteiger partial charge on any atom is 0.338 e. The molecule has 4 heterocycles. The maximum absolute atomic E-state index is 13.8.